The van der Waals surface area contributed by atoms with E-state index in [-0.39, 0.29) is 24.4 Å². The molecule has 1 amide bonds. The summed E-state index contributed by atoms with van der Waals surface area (Å²) in [6.07, 6.45) is -0.0564. The van der Waals surface area contributed by atoms with Crippen molar-refractivity contribution in [3.63, 3.8) is 0 Å². The first-order valence-corrected chi connectivity index (χ1v) is 7.84. The second kappa shape index (κ2) is 8.28. The molecule has 1 atom stereocenters. The molecule has 2 aromatic rings. The van der Waals surface area contributed by atoms with E-state index in [4.69, 9.17) is 9.84 Å². The van der Waals surface area contributed by atoms with Gasteiger partial charge in [0.25, 0.3) is 5.91 Å². The molecule has 1 unspecified atom stereocenters. The lowest BCUT2D eigenvalue weighted by Gasteiger charge is -2.11. The Kier molecular flexibility index (Phi) is 6.11. The van der Waals surface area contributed by atoms with Gasteiger partial charge in [-0.3, -0.25) is 9.59 Å². The summed E-state index contributed by atoms with van der Waals surface area (Å²) < 4.78 is 19.4. The van der Waals surface area contributed by atoms with Crippen molar-refractivity contribution in [2.75, 3.05) is 13.7 Å². The number of ether oxygens (including phenoxy) is 1. The molecule has 5 nitrogen and oxygen atoms in total. The van der Waals surface area contributed by atoms with E-state index in [0.29, 0.717) is 11.3 Å². The van der Waals surface area contributed by atoms with Gasteiger partial charge in [0, 0.05) is 13.0 Å². The van der Waals surface area contributed by atoms with E-state index >= 15 is 0 Å². The van der Waals surface area contributed by atoms with E-state index in [1.165, 1.54) is 12.1 Å². The lowest BCUT2D eigenvalue weighted by atomic mass is 10.0. The summed E-state index contributed by atoms with van der Waals surface area (Å²) in [5.74, 6) is -1.65. The summed E-state index contributed by atoms with van der Waals surface area (Å²) in [4.78, 5) is 22.7. The van der Waals surface area contributed by atoms with Crippen LogP contribution in [-0.2, 0) is 4.79 Å². The zero-order valence-electron chi connectivity index (χ0n) is 14.1. The van der Waals surface area contributed by atoms with Gasteiger partial charge in [-0.2, -0.15) is 0 Å². The molecule has 0 bridgehead atoms. The zero-order valence-corrected chi connectivity index (χ0v) is 14.1. The molecule has 0 heterocycles. The van der Waals surface area contributed by atoms with Gasteiger partial charge in [0.1, 0.15) is 11.6 Å². The van der Waals surface area contributed by atoms with E-state index in [1.807, 2.05) is 0 Å². The van der Waals surface area contributed by atoms with Gasteiger partial charge in [-0.1, -0.05) is 25.1 Å². The number of halogens is 1. The number of carbonyl (C=O) groups excluding carboxylic acids is 1. The number of benzene rings is 2. The molecule has 132 valence electrons. The first kappa shape index (κ1) is 18.4. The first-order chi connectivity index (χ1) is 11.9. The minimum Gasteiger partial charge on any atom is -0.497 e. The van der Waals surface area contributed by atoms with E-state index < -0.39 is 17.7 Å². The lowest BCUT2D eigenvalue weighted by molar-refractivity contribution is -0.137. The molecule has 6 heteroatoms. The highest BCUT2D eigenvalue weighted by atomic mass is 19.1. The Labute approximate surface area is 145 Å². The number of amides is 1. The summed E-state index contributed by atoms with van der Waals surface area (Å²) >= 11 is 0. The van der Waals surface area contributed by atoms with Crippen molar-refractivity contribution < 1.29 is 23.8 Å². The molecular formula is C19H20FNO4. The smallest absolute Gasteiger partial charge is 0.303 e. The fourth-order valence-corrected chi connectivity index (χ4v) is 2.39. The number of aliphatic carboxylic acids is 1. The van der Waals surface area contributed by atoms with Gasteiger partial charge in [-0.15, -0.1) is 0 Å². The van der Waals surface area contributed by atoms with Crippen LogP contribution in [-0.4, -0.2) is 30.6 Å². The average molecular weight is 345 g/mol. The fourth-order valence-electron chi connectivity index (χ4n) is 2.39. The SMILES string of the molecule is COc1ccc(-c2ccc(C(=O)NCC(C)CC(=O)O)c(F)c2)cc1. The van der Waals surface area contributed by atoms with Crippen LogP contribution in [0.25, 0.3) is 11.1 Å². The third-order valence-corrected chi connectivity index (χ3v) is 3.77. The summed E-state index contributed by atoms with van der Waals surface area (Å²) in [7, 11) is 1.57. The van der Waals surface area contributed by atoms with Gasteiger partial charge in [-0.25, -0.2) is 4.39 Å². The van der Waals surface area contributed by atoms with Gasteiger partial charge in [0.05, 0.1) is 12.7 Å². The fraction of sp³-hybridized carbons (Fsp3) is 0.263. The predicted octanol–water partition coefficient (Wildman–Crippen LogP) is 3.34. The van der Waals surface area contributed by atoms with Crippen LogP contribution in [0.15, 0.2) is 42.5 Å². The summed E-state index contributed by atoms with van der Waals surface area (Å²) in [6, 6.07) is 11.6. The van der Waals surface area contributed by atoms with Gasteiger partial charge < -0.3 is 15.2 Å². The predicted molar refractivity (Wildman–Crippen MR) is 92.1 cm³/mol. The van der Waals surface area contributed by atoms with Crippen molar-refractivity contribution in [2.45, 2.75) is 13.3 Å². The van der Waals surface area contributed by atoms with Crippen LogP contribution in [0, 0.1) is 11.7 Å². The van der Waals surface area contributed by atoms with Crippen LogP contribution >= 0.6 is 0 Å². The number of hydrogen-bond acceptors (Lipinski definition) is 3. The maximum absolute atomic E-state index is 14.3. The van der Waals surface area contributed by atoms with Crippen LogP contribution in [0.2, 0.25) is 0 Å². The number of carboxylic acid groups (broad SMARTS) is 1. The van der Waals surface area contributed by atoms with E-state index in [1.54, 1.807) is 44.4 Å². The highest BCUT2D eigenvalue weighted by Gasteiger charge is 2.15. The zero-order chi connectivity index (χ0) is 18.4. The van der Waals surface area contributed by atoms with E-state index in [9.17, 15) is 14.0 Å². The Bertz CT molecular complexity index is 759. The number of rotatable bonds is 7. The van der Waals surface area contributed by atoms with Crippen LogP contribution < -0.4 is 10.1 Å². The summed E-state index contributed by atoms with van der Waals surface area (Å²) in [5.41, 5.74) is 1.39. The largest absolute Gasteiger partial charge is 0.497 e. The Morgan fingerprint density at radius 3 is 2.36 bits per heavy atom. The highest BCUT2D eigenvalue weighted by molar-refractivity contribution is 5.95. The van der Waals surface area contributed by atoms with Gasteiger partial charge in [-0.05, 0) is 41.3 Å². The topological polar surface area (TPSA) is 75.6 Å². The van der Waals surface area contributed by atoms with Crippen molar-refractivity contribution in [2.24, 2.45) is 5.92 Å². The third-order valence-electron chi connectivity index (χ3n) is 3.77. The van der Waals surface area contributed by atoms with Crippen LogP contribution in [0.4, 0.5) is 4.39 Å². The molecule has 2 aromatic carbocycles. The van der Waals surface area contributed by atoms with Crippen molar-refractivity contribution >= 4 is 11.9 Å². The Hall–Kier alpha value is -2.89. The molecule has 0 radical (unpaired) electrons. The molecule has 25 heavy (non-hydrogen) atoms. The molecule has 0 aromatic heterocycles. The highest BCUT2D eigenvalue weighted by Crippen LogP contribution is 2.24. The Balaban J connectivity index is 2.07. The number of carbonyl (C=O) groups is 2. The average Bonchev–Trinajstić information content (AvgIpc) is 2.59. The molecule has 2 N–H and O–H groups in total. The number of nitrogens with one attached hydrogen (secondary N) is 1. The standard InChI is InChI=1S/C19H20FNO4/c1-12(9-18(22)23)11-21-19(24)16-8-5-14(10-17(16)20)13-3-6-15(25-2)7-4-13/h3-8,10,12H,9,11H2,1-2H3,(H,21,24)(H,22,23). The molecule has 0 aliphatic rings. The normalized spacial score (nSPS) is 11.6. The Morgan fingerprint density at radius 2 is 1.80 bits per heavy atom. The first-order valence-electron chi connectivity index (χ1n) is 7.84. The van der Waals surface area contributed by atoms with Crippen LogP contribution in [0.1, 0.15) is 23.7 Å². The molecule has 0 spiro atoms. The number of carboxylic acids is 1. The second-order valence-corrected chi connectivity index (χ2v) is 5.84. The van der Waals surface area contributed by atoms with Crippen molar-refractivity contribution in [3.05, 3.63) is 53.8 Å². The molecule has 0 aliphatic heterocycles. The second-order valence-electron chi connectivity index (χ2n) is 5.84. The molecule has 2 rings (SSSR count). The van der Waals surface area contributed by atoms with Crippen LogP contribution in [0.5, 0.6) is 5.75 Å². The van der Waals surface area contributed by atoms with E-state index in [0.717, 1.165) is 5.56 Å². The Morgan fingerprint density at radius 1 is 1.16 bits per heavy atom. The molecule has 0 fully saturated rings. The maximum Gasteiger partial charge on any atom is 0.303 e. The van der Waals surface area contributed by atoms with E-state index in [2.05, 4.69) is 5.32 Å². The third kappa shape index (κ3) is 5.04. The monoisotopic (exact) mass is 345 g/mol. The summed E-state index contributed by atoms with van der Waals surface area (Å²) in [5, 5.41) is 11.3. The molecule has 0 aliphatic carbocycles. The minimum absolute atomic E-state index is 0.0564. The summed E-state index contributed by atoms with van der Waals surface area (Å²) in [6.45, 7) is 1.88. The maximum atomic E-state index is 14.3. The van der Waals surface area contributed by atoms with Gasteiger partial charge in [0.15, 0.2) is 0 Å². The molecule has 0 saturated carbocycles. The molecular weight excluding hydrogens is 325 g/mol. The van der Waals surface area contributed by atoms with Crippen LogP contribution in [0.3, 0.4) is 0 Å². The molecule has 0 saturated heterocycles. The van der Waals surface area contributed by atoms with Crippen molar-refractivity contribution in [1.29, 1.82) is 0 Å². The van der Waals surface area contributed by atoms with Crippen molar-refractivity contribution in [1.82, 2.24) is 5.32 Å². The minimum atomic E-state index is -0.934. The van der Waals surface area contributed by atoms with Gasteiger partial charge >= 0.3 is 5.97 Å². The number of hydrogen-bond donors (Lipinski definition) is 2. The van der Waals surface area contributed by atoms with Crippen molar-refractivity contribution in [3.8, 4) is 16.9 Å². The number of methoxy groups -OCH3 is 1. The lowest BCUT2D eigenvalue weighted by Crippen LogP contribution is -2.29. The quantitative estimate of drug-likeness (QED) is 0.807. The van der Waals surface area contributed by atoms with Gasteiger partial charge in [0.2, 0.25) is 0 Å².